The summed E-state index contributed by atoms with van der Waals surface area (Å²) in [5.41, 5.74) is 7.08. The maximum absolute atomic E-state index is 9.23. The lowest BCUT2D eigenvalue weighted by atomic mass is 10.1. The molecule has 0 aliphatic carbocycles. The maximum Gasteiger partial charge on any atom is 0.243 e. The van der Waals surface area contributed by atoms with Crippen LogP contribution in [0.2, 0.25) is 0 Å². The molecular weight excluding hydrogens is 242 g/mol. The third kappa shape index (κ3) is 3.32. The number of aromatic nitrogens is 2. The molecule has 1 heterocycles. The number of hydrogen-bond acceptors (Lipinski definition) is 5. The van der Waals surface area contributed by atoms with Crippen LogP contribution in [0.15, 0.2) is 28.8 Å². The smallest absolute Gasteiger partial charge is 0.243 e. The summed E-state index contributed by atoms with van der Waals surface area (Å²) in [4.78, 5) is 4.34. The van der Waals surface area contributed by atoms with Crippen LogP contribution in [0.25, 0.3) is 0 Å². The summed E-state index contributed by atoms with van der Waals surface area (Å²) in [7, 11) is 0. The molecule has 2 rings (SSSR count). The zero-order valence-electron chi connectivity index (χ0n) is 11.2. The van der Waals surface area contributed by atoms with Crippen LogP contribution >= 0.6 is 0 Å². The first-order valence-corrected chi connectivity index (χ1v) is 6.47. The maximum atomic E-state index is 9.23. The molecule has 0 bridgehead atoms. The SMILES string of the molecule is CCC(C)c1noc([C@@H](N)Cc2ccc(O)cc2)n1. The predicted molar refractivity (Wildman–Crippen MR) is 71.7 cm³/mol. The van der Waals surface area contributed by atoms with Gasteiger partial charge in [0.1, 0.15) is 5.75 Å². The second kappa shape index (κ2) is 5.84. The van der Waals surface area contributed by atoms with Crippen LogP contribution < -0.4 is 5.73 Å². The van der Waals surface area contributed by atoms with Gasteiger partial charge in [0, 0.05) is 5.92 Å². The van der Waals surface area contributed by atoms with Crippen molar-refractivity contribution < 1.29 is 9.63 Å². The van der Waals surface area contributed by atoms with Gasteiger partial charge in [-0.05, 0) is 30.5 Å². The highest BCUT2D eigenvalue weighted by Crippen LogP contribution is 2.20. The van der Waals surface area contributed by atoms with E-state index >= 15 is 0 Å². The summed E-state index contributed by atoms with van der Waals surface area (Å²) < 4.78 is 5.21. The molecule has 102 valence electrons. The van der Waals surface area contributed by atoms with Gasteiger partial charge in [0.25, 0.3) is 0 Å². The molecule has 0 saturated carbocycles. The number of nitrogens with two attached hydrogens (primary N) is 1. The first-order chi connectivity index (χ1) is 9.10. The van der Waals surface area contributed by atoms with Gasteiger partial charge in [-0.15, -0.1) is 0 Å². The number of aromatic hydroxyl groups is 1. The van der Waals surface area contributed by atoms with E-state index in [4.69, 9.17) is 10.3 Å². The first kappa shape index (κ1) is 13.5. The van der Waals surface area contributed by atoms with E-state index in [0.29, 0.717) is 18.1 Å². The van der Waals surface area contributed by atoms with Crippen LogP contribution in [-0.2, 0) is 6.42 Å². The minimum absolute atomic E-state index is 0.245. The molecular formula is C14H19N3O2. The molecule has 0 spiro atoms. The molecule has 0 radical (unpaired) electrons. The zero-order chi connectivity index (χ0) is 13.8. The Balaban J connectivity index is 2.05. The van der Waals surface area contributed by atoms with Crippen LogP contribution in [0, 0.1) is 0 Å². The van der Waals surface area contributed by atoms with E-state index in [1.54, 1.807) is 12.1 Å². The molecule has 1 unspecified atom stereocenters. The molecule has 2 aromatic rings. The molecule has 3 N–H and O–H groups in total. The van der Waals surface area contributed by atoms with Gasteiger partial charge in [0.05, 0.1) is 6.04 Å². The molecule has 5 heteroatoms. The summed E-state index contributed by atoms with van der Waals surface area (Å²) in [5, 5.41) is 13.2. The number of hydrogen-bond donors (Lipinski definition) is 2. The van der Waals surface area contributed by atoms with Crippen LogP contribution in [0.1, 0.15) is 49.5 Å². The Bertz CT molecular complexity index is 522. The molecule has 19 heavy (non-hydrogen) atoms. The zero-order valence-corrected chi connectivity index (χ0v) is 11.2. The number of benzene rings is 1. The Labute approximate surface area is 112 Å². The predicted octanol–water partition coefficient (Wildman–Crippen LogP) is 2.53. The van der Waals surface area contributed by atoms with Gasteiger partial charge in [-0.25, -0.2) is 0 Å². The molecule has 2 atom stereocenters. The lowest BCUT2D eigenvalue weighted by molar-refractivity contribution is 0.348. The Hall–Kier alpha value is -1.88. The number of rotatable bonds is 5. The van der Waals surface area contributed by atoms with Crippen molar-refractivity contribution in [2.75, 3.05) is 0 Å². The van der Waals surface area contributed by atoms with E-state index in [9.17, 15) is 5.11 Å². The fourth-order valence-corrected chi connectivity index (χ4v) is 1.75. The molecule has 1 aromatic heterocycles. The van der Waals surface area contributed by atoms with Crippen molar-refractivity contribution in [3.05, 3.63) is 41.5 Å². The van der Waals surface area contributed by atoms with Crippen molar-refractivity contribution >= 4 is 0 Å². The Morgan fingerprint density at radius 2 is 2.00 bits per heavy atom. The normalized spacial score (nSPS) is 14.3. The quantitative estimate of drug-likeness (QED) is 0.863. The van der Waals surface area contributed by atoms with Crippen LogP contribution in [0.4, 0.5) is 0 Å². The molecule has 1 aromatic carbocycles. The largest absolute Gasteiger partial charge is 0.508 e. The lowest BCUT2D eigenvalue weighted by Crippen LogP contribution is -2.14. The topological polar surface area (TPSA) is 85.2 Å². The molecule has 0 aliphatic rings. The van der Waals surface area contributed by atoms with Gasteiger partial charge < -0.3 is 15.4 Å². The van der Waals surface area contributed by atoms with E-state index < -0.39 is 0 Å². The summed E-state index contributed by atoms with van der Waals surface area (Å²) in [6.07, 6.45) is 1.56. The minimum atomic E-state index is -0.324. The van der Waals surface area contributed by atoms with Gasteiger partial charge in [0.2, 0.25) is 5.89 Å². The van der Waals surface area contributed by atoms with Gasteiger partial charge in [-0.2, -0.15) is 4.98 Å². The lowest BCUT2D eigenvalue weighted by Gasteiger charge is -2.06. The average molecular weight is 261 g/mol. The van der Waals surface area contributed by atoms with E-state index in [0.717, 1.165) is 12.0 Å². The average Bonchev–Trinajstić information content (AvgIpc) is 2.90. The summed E-state index contributed by atoms with van der Waals surface area (Å²) in [6, 6.07) is 6.62. The first-order valence-electron chi connectivity index (χ1n) is 6.47. The van der Waals surface area contributed by atoms with Gasteiger partial charge in [0.15, 0.2) is 5.82 Å². The van der Waals surface area contributed by atoms with Gasteiger partial charge in [-0.1, -0.05) is 31.1 Å². The van der Waals surface area contributed by atoms with Crippen molar-refractivity contribution in [1.29, 1.82) is 0 Å². The standard InChI is InChI=1S/C14H19N3O2/c1-3-9(2)13-16-14(19-17-13)12(15)8-10-4-6-11(18)7-5-10/h4-7,9,12,18H,3,8,15H2,1-2H3/t9?,12-/m0/s1. The van der Waals surface area contributed by atoms with E-state index in [2.05, 4.69) is 24.0 Å². The molecule has 0 saturated heterocycles. The van der Waals surface area contributed by atoms with Crippen LogP contribution in [-0.4, -0.2) is 15.2 Å². The summed E-state index contributed by atoms with van der Waals surface area (Å²) >= 11 is 0. The number of nitrogens with zero attached hydrogens (tertiary/aromatic N) is 2. The van der Waals surface area contributed by atoms with Crippen molar-refractivity contribution in [1.82, 2.24) is 10.1 Å². The van der Waals surface area contributed by atoms with Crippen molar-refractivity contribution in [3.63, 3.8) is 0 Å². The fourth-order valence-electron chi connectivity index (χ4n) is 1.75. The highest BCUT2D eigenvalue weighted by atomic mass is 16.5. The summed E-state index contributed by atoms with van der Waals surface area (Å²) in [6.45, 7) is 4.14. The van der Waals surface area contributed by atoms with Crippen molar-refractivity contribution in [3.8, 4) is 5.75 Å². The highest BCUT2D eigenvalue weighted by Gasteiger charge is 2.17. The fraction of sp³-hybridized carbons (Fsp3) is 0.429. The van der Waals surface area contributed by atoms with Gasteiger partial charge >= 0.3 is 0 Å². The Kier molecular flexibility index (Phi) is 4.16. The Morgan fingerprint density at radius 3 is 2.63 bits per heavy atom. The second-order valence-electron chi connectivity index (χ2n) is 4.78. The number of phenolic OH excluding ortho intramolecular Hbond substituents is 1. The van der Waals surface area contributed by atoms with Crippen molar-refractivity contribution in [2.24, 2.45) is 5.73 Å². The van der Waals surface area contributed by atoms with E-state index in [-0.39, 0.29) is 17.7 Å². The minimum Gasteiger partial charge on any atom is -0.508 e. The van der Waals surface area contributed by atoms with Crippen molar-refractivity contribution in [2.45, 2.75) is 38.6 Å². The molecule has 0 amide bonds. The molecule has 0 aliphatic heterocycles. The van der Waals surface area contributed by atoms with E-state index in [1.807, 2.05) is 12.1 Å². The molecule has 5 nitrogen and oxygen atoms in total. The van der Waals surface area contributed by atoms with Gasteiger partial charge in [-0.3, -0.25) is 0 Å². The number of phenols is 1. The van der Waals surface area contributed by atoms with Crippen LogP contribution in [0.3, 0.4) is 0 Å². The third-order valence-corrected chi connectivity index (χ3v) is 3.22. The molecule has 0 fully saturated rings. The highest BCUT2D eigenvalue weighted by molar-refractivity contribution is 5.26. The third-order valence-electron chi connectivity index (χ3n) is 3.22. The monoisotopic (exact) mass is 261 g/mol. The summed E-state index contributed by atoms with van der Waals surface area (Å²) in [5.74, 6) is 1.69. The Morgan fingerprint density at radius 1 is 1.32 bits per heavy atom. The van der Waals surface area contributed by atoms with Crippen LogP contribution in [0.5, 0.6) is 5.75 Å². The van der Waals surface area contributed by atoms with E-state index in [1.165, 1.54) is 0 Å². The second-order valence-corrected chi connectivity index (χ2v) is 4.78.